The van der Waals surface area contributed by atoms with Crippen LogP contribution in [0.4, 0.5) is 5.69 Å². The number of aromatic hydroxyl groups is 2. The van der Waals surface area contributed by atoms with E-state index in [-0.39, 0.29) is 18.0 Å². The minimum Gasteiger partial charge on any atom is -0.508 e. The lowest BCUT2D eigenvalue weighted by Gasteiger charge is -2.11. The maximum absolute atomic E-state index is 11.8. The predicted octanol–water partition coefficient (Wildman–Crippen LogP) is 1.59. The molecule has 0 aromatic heterocycles. The number of hydrogen-bond donors (Lipinski definition) is 4. The van der Waals surface area contributed by atoms with Gasteiger partial charge in [0, 0.05) is 17.8 Å². The lowest BCUT2D eigenvalue weighted by molar-refractivity contribution is 0.0880. The van der Waals surface area contributed by atoms with Crippen LogP contribution < -0.4 is 10.6 Å². The highest BCUT2D eigenvalue weighted by molar-refractivity contribution is 6.23. The molecule has 3 rings (SSSR count). The Kier molecular flexibility index (Phi) is 2.98. The summed E-state index contributed by atoms with van der Waals surface area (Å²) in [6.45, 7) is 0.207. The average Bonchev–Trinajstić information content (AvgIpc) is 2.76. The summed E-state index contributed by atoms with van der Waals surface area (Å²) in [5.74, 6) is -0.790. The number of benzene rings is 2. The molecule has 0 saturated carbocycles. The highest BCUT2D eigenvalue weighted by atomic mass is 16.3. The zero-order valence-corrected chi connectivity index (χ0v) is 10.9. The third kappa shape index (κ3) is 2.27. The zero-order chi connectivity index (χ0) is 15.0. The minimum absolute atomic E-state index is 0.0356. The van der Waals surface area contributed by atoms with Crippen molar-refractivity contribution < 1.29 is 19.8 Å². The summed E-state index contributed by atoms with van der Waals surface area (Å²) in [5, 5.41) is 24.4. The first kappa shape index (κ1) is 13.0. The van der Waals surface area contributed by atoms with Crippen molar-refractivity contribution in [2.24, 2.45) is 0 Å². The second kappa shape index (κ2) is 4.82. The van der Waals surface area contributed by atoms with Crippen LogP contribution in [0.1, 0.15) is 26.3 Å². The first-order chi connectivity index (χ1) is 10.1. The Hall–Kier alpha value is -3.02. The first-order valence-corrected chi connectivity index (χ1v) is 6.29. The smallest absolute Gasteiger partial charge is 0.261 e. The lowest BCUT2D eigenvalue weighted by Crippen LogP contribution is -2.20. The predicted molar refractivity (Wildman–Crippen MR) is 75.3 cm³/mol. The maximum Gasteiger partial charge on any atom is 0.261 e. The number of imide groups is 1. The number of rotatable bonds is 3. The zero-order valence-electron chi connectivity index (χ0n) is 10.9. The van der Waals surface area contributed by atoms with Gasteiger partial charge in [-0.15, -0.1) is 0 Å². The SMILES string of the molecule is O=C1NC(=O)c2c(NCc3cc(O)ccc3O)cccc21. The second-order valence-corrected chi connectivity index (χ2v) is 4.68. The summed E-state index contributed by atoms with van der Waals surface area (Å²) < 4.78 is 0. The molecule has 0 aliphatic carbocycles. The van der Waals surface area contributed by atoms with Gasteiger partial charge in [-0.05, 0) is 30.3 Å². The quantitative estimate of drug-likeness (QED) is 0.507. The topological polar surface area (TPSA) is 98.7 Å². The third-order valence-electron chi connectivity index (χ3n) is 3.30. The summed E-state index contributed by atoms with van der Waals surface area (Å²) in [6.07, 6.45) is 0. The Morgan fingerprint density at radius 2 is 1.86 bits per heavy atom. The third-order valence-corrected chi connectivity index (χ3v) is 3.30. The van der Waals surface area contributed by atoms with Gasteiger partial charge >= 0.3 is 0 Å². The number of fused-ring (bicyclic) bond motifs is 1. The molecular weight excluding hydrogens is 272 g/mol. The lowest BCUT2D eigenvalue weighted by atomic mass is 10.1. The largest absolute Gasteiger partial charge is 0.508 e. The molecule has 1 aliphatic rings. The Morgan fingerprint density at radius 1 is 1.05 bits per heavy atom. The molecule has 0 spiro atoms. The number of carbonyl (C=O) groups is 2. The minimum atomic E-state index is -0.446. The van der Waals surface area contributed by atoms with E-state index in [0.717, 1.165) is 0 Å². The van der Waals surface area contributed by atoms with E-state index in [0.29, 0.717) is 22.4 Å². The van der Waals surface area contributed by atoms with Gasteiger partial charge in [0.1, 0.15) is 11.5 Å². The number of nitrogens with one attached hydrogen (secondary N) is 2. The average molecular weight is 284 g/mol. The summed E-state index contributed by atoms with van der Waals surface area (Å²) in [7, 11) is 0. The van der Waals surface area contributed by atoms with Crippen LogP contribution in [0, 0.1) is 0 Å². The van der Waals surface area contributed by atoms with Gasteiger partial charge in [-0.3, -0.25) is 14.9 Å². The summed E-state index contributed by atoms with van der Waals surface area (Å²) in [4.78, 5) is 23.3. The molecule has 6 heteroatoms. The molecule has 1 aliphatic heterocycles. The highest BCUT2D eigenvalue weighted by Gasteiger charge is 2.29. The van der Waals surface area contributed by atoms with Gasteiger partial charge in [-0.1, -0.05) is 6.07 Å². The van der Waals surface area contributed by atoms with Gasteiger partial charge in [-0.2, -0.15) is 0 Å². The van der Waals surface area contributed by atoms with Crippen molar-refractivity contribution >= 4 is 17.5 Å². The normalized spacial score (nSPS) is 13.0. The molecule has 106 valence electrons. The Labute approximate surface area is 120 Å². The molecule has 4 N–H and O–H groups in total. The van der Waals surface area contributed by atoms with E-state index in [1.165, 1.54) is 18.2 Å². The molecule has 0 unspecified atom stereocenters. The molecule has 1 heterocycles. The Morgan fingerprint density at radius 3 is 2.67 bits per heavy atom. The van der Waals surface area contributed by atoms with Crippen molar-refractivity contribution in [2.45, 2.75) is 6.54 Å². The van der Waals surface area contributed by atoms with E-state index in [1.54, 1.807) is 18.2 Å². The van der Waals surface area contributed by atoms with E-state index in [9.17, 15) is 19.8 Å². The van der Waals surface area contributed by atoms with Gasteiger partial charge in [0.15, 0.2) is 0 Å². The molecular formula is C15H12N2O4. The monoisotopic (exact) mass is 284 g/mol. The molecule has 0 saturated heterocycles. The van der Waals surface area contributed by atoms with Gasteiger partial charge in [0.25, 0.3) is 11.8 Å². The Bertz CT molecular complexity index is 755. The van der Waals surface area contributed by atoms with Crippen LogP contribution >= 0.6 is 0 Å². The molecule has 0 atom stereocenters. The molecule has 6 nitrogen and oxygen atoms in total. The highest BCUT2D eigenvalue weighted by Crippen LogP contribution is 2.27. The fourth-order valence-electron chi connectivity index (χ4n) is 2.27. The molecule has 2 amide bonds. The molecule has 2 aromatic carbocycles. The molecule has 21 heavy (non-hydrogen) atoms. The van der Waals surface area contributed by atoms with Gasteiger partial charge in [0.2, 0.25) is 0 Å². The molecule has 2 aromatic rings. The van der Waals surface area contributed by atoms with Crippen molar-refractivity contribution in [1.29, 1.82) is 0 Å². The summed E-state index contributed by atoms with van der Waals surface area (Å²) in [6, 6.07) is 9.12. The van der Waals surface area contributed by atoms with E-state index >= 15 is 0 Å². The number of hydrogen-bond acceptors (Lipinski definition) is 5. The van der Waals surface area contributed by atoms with Gasteiger partial charge < -0.3 is 15.5 Å². The van der Waals surface area contributed by atoms with Crippen molar-refractivity contribution in [3.8, 4) is 11.5 Å². The standard InChI is InChI=1S/C15H12N2O4/c18-9-4-5-12(19)8(6-9)7-16-11-3-1-2-10-13(11)15(21)17-14(10)20/h1-6,16,18-19H,7H2,(H,17,20,21). The maximum atomic E-state index is 11.8. The fourth-order valence-corrected chi connectivity index (χ4v) is 2.27. The van der Waals surface area contributed by atoms with Crippen LogP contribution in [0.25, 0.3) is 0 Å². The van der Waals surface area contributed by atoms with Crippen molar-refractivity contribution in [1.82, 2.24) is 5.32 Å². The summed E-state index contributed by atoms with van der Waals surface area (Å²) in [5.41, 5.74) is 1.60. The van der Waals surface area contributed by atoms with Crippen LogP contribution in [0.2, 0.25) is 0 Å². The molecule has 0 fully saturated rings. The summed E-state index contributed by atoms with van der Waals surface area (Å²) >= 11 is 0. The fraction of sp³-hybridized carbons (Fsp3) is 0.0667. The van der Waals surface area contributed by atoms with Crippen LogP contribution in [0.3, 0.4) is 0 Å². The molecule has 0 bridgehead atoms. The number of phenols is 2. The van der Waals surface area contributed by atoms with Crippen LogP contribution in [-0.4, -0.2) is 22.0 Å². The first-order valence-electron chi connectivity index (χ1n) is 6.29. The number of carbonyl (C=O) groups excluding carboxylic acids is 2. The number of anilines is 1. The van der Waals surface area contributed by atoms with Gasteiger partial charge in [0.05, 0.1) is 11.1 Å². The second-order valence-electron chi connectivity index (χ2n) is 4.68. The number of amides is 2. The van der Waals surface area contributed by atoms with E-state index < -0.39 is 11.8 Å². The van der Waals surface area contributed by atoms with E-state index in [4.69, 9.17) is 0 Å². The van der Waals surface area contributed by atoms with Crippen LogP contribution in [0.5, 0.6) is 11.5 Å². The van der Waals surface area contributed by atoms with E-state index in [2.05, 4.69) is 10.6 Å². The van der Waals surface area contributed by atoms with Gasteiger partial charge in [-0.25, -0.2) is 0 Å². The van der Waals surface area contributed by atoms with Crippen LogP contribution in [-0.2, 0) is 6.54 Å². The Balaban J connectivity index is 1.89. The number of phenolic OH excluding ortho intramolecular Hbond substituents is 2. The van der Waals surface area contributed by atoms with Crippen LogP contribution in [0.15, 0.2) is 36.4 Å². The molecule has 0 radical (unpaired) electrons. The van der Waals surface area contributed by atoms with Crippen molar-refractivity contribution in [3.63, 3.8) is 0 Å². The van der Waals surface area contributed by atoms with E-state index in [1.807, 2.05) is 0 Å². The van der Waals surface area contributed by atoms with Crippen molar-refractivity contribution in [2.75, 3.05) is 5.32 Å². The van der Waals surface area contributed by atoms with Crippen molar-refractivity contribution in [3.05, 3.63) is 53.1 Å².